The minimum absolute atomic E-state index is 0.300. The lowest BCUT2D eigenvalue weighted by Crippen LogP contribution is -2.14. The fourth-order valence-corrected chi connectivity index (χ4v) is 3.54. The Labute approximate surface area is 141 Å². The van der Waals surface area contributed by atoms with E-state index in [1.165, 1.54) is 12.1 Å². The molecule has 0 spiro atoms. The zero-order chi connectivity index (χ0) is 16.8. The van der Waals surface area contributed by atoms with Crippen molar-refractivity contribution in [2.45, 2.75) is 18.4 Å². The molecular formula is C18H15FN2O2S. The molecular weight excluding hydrogens is 327 g/mol. The van der Waals surface area contributed by atoms with Gasteiger partial charge in [0.2, 0.25) is 0 Å². The molecule has 122 valence electrons. The molecule has 1 aromatic heterocycles. The maximum absolute atomic E-state index is 13.5. The van der Waals surface area contributed by atoms with Gasteiger partial charge in [-0.2, -0.15) is 0 Å². The van der Waals surface area contributed by atoms with Crippen molar-refractivity contribution in [3.63, 3.8) is 0 Å². The molecule has 4 nitrogen and oxygen atoms in total. The van der Waals surface area contributed by atoms with Crippen molar-refractivity contribution >= 4 is 10.8 Å². The van der Waals surface area contributed by atoms with Crippen LogP contribution in [0.25, 0.3) is 16.9 Å². The Morgan fingerprint density at radius 3 is 2.67 bits per heavy atom. The van der Waals surface area contributed by atoms with E-state index >= 15 is 0 Å². The lowest BCUT2D eigenvalue weighted by atomic mass is 10.1. The molecule has 4 rings (SSSR count). The number of aryl methyl sites for hydroxylation is 1. The summed E-state index contributed by atoms with van der Waals surface area (Å²) in [6, 6.07) is 12.1. The number of aromatic nitrogens is 2. The standard InChI is InChI=1S/C18H15FN2O2S/c1-11-18(12-3-6-14(7-4-12)24(2)22)21-15-8-5-13(19)9-16(15)23-10-17(21)20-11/h3-9H,10H2,1-2H3. The fourth-order valence-electron chi connectivity index (χ4n) is 3.02. The number of nitrogens with zero attached hydrogens (tertiary/aromatic N) is 2. The Kier molecular flexibility index (Phi) is 3.49. The molecule has 24 heavy (non-hydrogen) atoms. The summed E-state index contributed by atoms with van der Waals surface area (Å²) in [6.45, 7) is 2.24. The number of hydrogen-bond acceptors (Lipinski definition) is 3. The van der Waals surface area contributed by atoms with Gasteiger partial charge in [0.15, 0.2) is 5.82 Å². The smallest absolute Gasteiger partial charge is 0.152 e. The van der Waals surface area contributed by atoms with Gasteiger partial charge < -0.3 is 4.74 Å². The second-order valence-electron chi connectivity index (χ2n) is 5.68. The van der Waals surface area contributed by atoms with E-state index in [1.807, 2.05) is 35.8 Å². The van der Waals surface area contributed by atoms with Crippen LogP contribution in [0.3, 0.4) is 0 Å². The van der Waals surface area contributed by atoms with Crippen molar-refractivity contribution in [2.75, 3.05) is 6.26 Å². The highest BCUT2D eigenvalue weighted by atomic mass is 32.2. The largest absolute Gasteiger partial charge is 0.483 e. The minimum atomic E-state index is -1.01. The third-order valence-corrected chi connectivity index (χ3v) is 5.04. The third kappa shape index (κ3) is 2.34. The van der Waals surface area contributed by atoms with Crippen LogP contribution < -0.4 is 4.74 Å². The van der Waals surface area contributed by atoms with Crippen LogP contribution in [0, 0.1) is 12.7 Å². The van der Waals surface area contributed by atoms with Gasteiger partial charge in [-0.25, -0.2) is 9.37 Å². The van der Waals surface area contributed by atoms with E-state index in [9.17, 15) is 8.60 Å². The molecule has 1 aliphatic rings. The predicted octanol–water partition coefficient (Wildman–Crippen LogP) is 3.62. The van der Waals surface area contributed by atoms with E-state index in [4.69, 9.17) is 4.74 Å². The first-order valence-electron chi connectivity index (χ1n) is 7.49. The highest BCUT2D eigenvalue weighted by molar-refractivity contribution is 7.84. The number of benzene rings is 2. The number of fused-ring (bicyclic) bond motifs is 3. The summed E-state index contributed by atoms with van der Waals surface area (Å²) < 4.78 is 32.7. The van der Waals surface area contributed by atoms with Crippen LogP contribution in [0.5, 0.6) is 5.75 Å². The predicted molar refractivity (Wildman–Crippen MR) is 90.4 cm³/mol. The fraction of sp³-hybridized carbons (Fsp3) is 0.167. The Balaban J connectivity index is 1.91. The van der Waals surface area contributed by atoms with Gasteiger partial charge in [-0.05, 0) is 31.2 Å². The molecule has 0 fully saturated rings. The lowest BCUT2D eigenvalue weighted by Gasteiger charge is -2.21. The molecule has 2 heterocycles. The van der Waals surface area contributed by atoms with Crippen LogP contribution in [0.15, 0.2) is 47.4 Å². The SMILES string of the molecule is Cc1nc2n(c1-c1ccc(S(C)=O)cc1)-c1ccc(F)cc1OC2. The Morgan fingerprint density at radius 1 is 1.21 bits per heavy atom. The summed E-state index contributed by atoms with van der Waals surface area (Å²) in [4.78, 5) is 5.37. The first kappa shape index (κ1) is 15.1. The average Bonchev–Trinajstić information content (AvgIpc) is 2.91. The molecule has 0 saturated heterocycles. The number of imidazole rings is 1. The van der Waals surface area contributed by atoms with Gasteiger partial charge >= 0.3 is 0 Å². The van der Waals surface area contributed by atoms with Crippen LogP contribution in [-0.2, 0) is 17.4 Å². The maximum Gasteiger partial charge on any atom is 0.152 e. The molecule has 0 radical (unpaired) electrons. The maximum atomic E-state index is 13.5. The van der Waals surface area contributed by atoms with Gasteiger partial charge in [0.05, 0.1) is 17.1 Å². The molecule has 0 bridgehead atoms. The van der Waals surface area contributed by atoms with Crippen LogP contribution >= 0.6 is 0 Å². The Bertz CT molecular complexity index is 964. The third-order valence-electron chi connectivity index (χ3n) is 4.10. The molecule has 3 aromatic rings. The molecule has 0 aliphatic carbocycles. The number of rotatable bonds is 2. The van der Waals surface area contributed by atoms with Crippen molar-refractivity contribution in [1.29, 1.82) is 0 Å². The van der Waals surface area contributed by atoms with Crippen molar-refractivity contribution in [3.05, 3.63) is 59.8 Å². The highest BCUT2D eigenvalue weighted by Gasteiger charge is 2.24. The van der Waals surface area contributed by atoms with Gasteiger partial charge in [0.1, 0.15) is 18.2 Å². The van der Waals surface area contributed by atoms with E-state index in [0.717, 1.165) is 33.4 Å². The summed E-state index contributed by atoms with van der Waals surface area (Å²) in [5.74, 6) is 0.961. The van der Waals surface area contributed by atoms with Gasteiger partial charge in [-0.1, -0.05) is 12.1 Å². The first-order valence-corrected chi connectivity index (χ1v) is 9.05. The van der Waals surface area contributed by atoms with Crippen LogP contribution in [0.4, 0.5) is 4.39 Å². The van der Waals surface area contributed by atoms with Crippen molar-refractivity contribution in [1.82, 2.24) is 9.55 Å². The quantitative estimate of drug-likeness (QED) is 0.714. The number of ether oxygens (including phenoxy) is 1. The van der Waals surface area contributed by atoms with Crippen LogP contribution in [0.1, 0.15) is 11.5 Å². The molecule has 1 atom stereocenters. The van der Waals surface area contributed by atoms with E-state index < -0.39 is 10.8 Å². The van der Waals surface area contributed by atoms with E-state index in [1.54, 1.807) is 12.3 Å². The molecule has 1 unspecified atom stereocenters. The van der Waals surface area contributed by atoms with Gasteiger partial charge in [-0.3, -0.25) is 8.78 Å². The lowest BCUT2D eigenvalue weighted by molar-refractivity contribution is 0.278. The Morgan fingerprint density at radius 2 is 1.96 bits per heavy atom. The monoisotopic (exact) mass is 342 g/mol. The second kappa shape index (κ2) is 5.56. The van der Waals surface area contributed by atoms with Crippen LogP contribution in [0.2, 0.25) is 0 Å². The molecule has 0 saturated carbocycles. The number of halogens is 1. The molecule has 0 amide bonds. The van der Waals surface area contributed by atoms with E-state index in [2.05, 4.69) is 4.98 Å². The van der Waals surface area contributed by atoms with Gasteiger partial charge in [0, 0.05) is 33.6 Å². The summed E-state index contributed by atoms with van der Waals surface area (Å²) in [5.41, 5.74) is 3.56. The van der Waals surface area contributed by atoms with Crippen molar-refractivity contribution < 1.29 is 13.3 Å². The Hall–Kier alpha value is -2.47. The number of hydrogen-bond donors (Lipinski definition) is 0. The summed E-state index contributed by atoms with van der Waals surface area (Å²) in [5, 5.41) is 0. The highest BCUT2D eigenvalue weighted by Crippen LogP contribution is 2.36. The van der Waals surface area contributed by atoms with Crippen molar-refractivity contribution in [2.24, 2.45) is 0 Å². The second-order valence-corrected chi connectivity index (χ2v) is 7.06. The molecule has 0 N–H and O–H groups in total. The van der Waals surface area contributed by atoms with Crippen molar-refractivity contribution in [3.8, 4) is 22.7 Å². The average molecular weight is 342 g/mol. The molecule has 6 heteroatoms. The minimum Gasteiger partial charge on any atom is -0.483 e. The summed E-state index contributed by atoms with van der Waals surface area (Å²) in [7, 11) is -1.01. The molecule has 2 aromatic carbocycles. The van der Waals surface area contributed by atoms with E-state index in [-0.39, 0.29) is 5.82 Å². The van der Waals surface area contributed by atoms with Gasteiger partial charge in [0.25, 0.3) is 0 Å². The van der Waals surface area contributed by atoms with Crippen LogP contribution in [-0.4, -0.2) is 20.0 Å². The molecule has 1 aliphatic heterocycles. The normalized spacial score (nSPS) is 13.8. The van der Waals surface area contributed by atoms with Gasteiger partial charge in [-0.15, -0.1) is 0 Å². The van der Waals surface area contributed by atoms with E-state index in [0.29, 0.717) is 12.4 Å². The summed E-state index contributed by atoms with van der Waals surface area (Å²) >= 11 is 0. The zero-order valence-electron chi connectivity index (χ0n) is 13.2. The zero-order valence-corrected chi connectivity index (χ0v) is 14.1. The summed E-state index contributed by atoms with van der Waals surface area (Å²) in [6.07, 6.45) is 1.66. The topological polar surface area (TPSA) is 44.1 Å². The first-order chi connectivity index (χ1) is 11.5.